The molecule has 1 atom stereocenters. The average Bonchev–Trinajstić information content (AvgIpc) is 2.27. The molecule has 1 unspecified atom stereocenters. The number of rotatable bonds is 0. The van der Waals surface area contributed by atoms with Crippen molar-refractivity contribution in [1.82, 2.24) is 0 Å². The van der Waals surface area contributed by atoms with Crippen molar-refractivity contribution in [2.75, 3.05) is 0 Å². The largest absolute Gasteiger partial charge is 0.490 e. The second kappa shape index (κ2) is 4.50. The third kappa shape index (κ3) is 2.28. The molecule has 1 heterocycles. The van der Waals surface area contributed by atoms with Crippen LogP contribution in [0.2, 0.25) is 0 Å². The molecule has 1 heteroatoms. The fourth-order valence-corrected chi connectivity index (χ4v) is 2.03. The van der Waals surface area contributed by atoms with Gasteiger partial charge in [0.2, 0.25) is 0 Å². The summed E-state index contributed by atoms with van der Waals surface area (Å²) in [5.41, 5.74) is 1.38. The maximum atomic E-state index is 5.92. The summed E-state index contributed by atoms with van der Waals surface area (Å²) in [5, 5.41) is 0. The first-order valence-electron chi connectivity index (χ1n) is 5.61. The molecule has 1 nitrogen and oxygen atoms in total. The molecule has 2 rings (SSSR count). The molecular weight excluding hydrogens is 172 g/mol. The lowest BCUT2D eigenvalue weighted by molar-refractivity contribution is 0.207. The van der Waals surface area contributed by atoms with Gasteiger partial charge in [0, 0.05) is 0 Å². The van der Waals surface area contributed by atoms with Gasteiger partial charge in [-0.3, -0.25) is 0 Å². The van der Waals surface area contributed by atoms with E-state index < -0.39 is 0 Å². The zero-order valence-electron chi connectivity index (χ0n) is 8.83. The Morgan fingerprint density at radius 1 is 1.14 bits per heavy atom. The Balaban J connectivity index is 2.21. The van der Waals surface area contributed by atoms with Crippen LogP contribution in [0.15, 0.2) is 24.3 Å². The Hall–Kier alpha value is -0.980. The van der Waals surface area contributed by atoms with Crippen molar-refractivity contribution < 1.29 is 4.74 Å². The smallest absolute Gasteiger partial charge is 0.122 e. The topological polar surface area (TPSA) is 9.23 Å². The van der Waals surface area contributed by atoms with Crippen molar-refractivity contribution in [3.63, 3.8) is 0 Å². The summed E-state index contributed by atoms with van der Waals surface area (Å²) in [4.78, 5) is 0. The van der Waals surface area contributed by atoms with Crippen LogP contribution >= 0.6 is 0 Å². The van der Waals surface area contributed by atoms with Gasteiger partial charge in [-0.2, -0.15) is 0 Å². The van der Waals surface area contributed by atoms with Crippen LogP contribution < -0.4 is 4.74 Å². The lowest BCUT2D eigenvalue weighted by Gasteiger charge is -2.15. The Bertz CT molecular complexity index is 293. The van der Waals surface area contributed by atoms with Gasteiger partial charge < -0.3 is 4.74 Å². The molecule has 1 aromatic carbocycles. The summed E-state index contributed by atoms with van der Waals surface area (Å²) in [6, 6.07) is 8.44. The van der Waals surface area contributed by atoms with E-state index >= 15 is 0 Å². The number of hydrogen-bond donors (Lipinski definition) is 0. The molecule has 0 fully saturated rings. The van der Waals surface area contributed by atoms with E-state index in [1.54, 1.807) is 0 Å². The maximum Gasteiger partial charge on any atom is 0.122 e. The molecular formula is C13H18O. The van der Waals surface area contributed by atoms with E-state index in [1.807, 2.05) is 0 Å². The third-order valence-corrected chi connectivity index (χ3v) is 2.86. The number of aryl methyl sites for hydroxylation is 1. The summed E-state index contributed by atoms with van der Waals surface area (Å²) in [7, 11) is 0. The quantitative estimate of drug-likeness (QED) is 0.607. The third-order valence-electron chi connectivity index (χ3n) is 2.86. The highest BCUT2D eigenvalue weighted by Gasteiger charge is 2.10. The van der Waals surface area contributed by atoms with Crippen LogP contribution in [0.25, 0.3) is 0 Å². The summed E-state index contributed by atoms with van der Waals surface area (Å²) in [5.74, 6) is 1.10. The molecule has 0 bridgehead atoms. The maximum absolute atomic E-state index is 5.92. The van der Waals surface area contributed by atoms with Crippen LogP contribution in [0, 0.1) is 0 Å². The minimum atomic E-state index is 0.370. The Kier molecular flexibility index (Phi) is 3.07. The van der Waals surface area contributed by atoms with Gasteiger partial charge in [-0.1, -0.05) is 24.6 Å². The molecule has 0 aliphatic carbocycles. The summed E-state index contributed by atoms with van der Waals surface area (Å²) in [6.07, 6.45) is 6.66. The molecule has 14 heavy (non-hydrogen) atoms. The molecule has 0 saturated carbocycles. The van der Waals surface area contributed by atoms with Gasteiger partial charge in [-0.25, -0.2) is 0 Å². The standard InChI is InChI=1S/C13H18O/c1-11-7-3-2-4-8-12-9-5-6-10-13(12)14-11/h5-6,9-11H,2-4,7-8H2,1H3. The molecule has 1 aliphatic rings. The molecule has 0 radical (unpaired) electrons. The molecule has 0 saturated heterocycles. The number of ether oxygens (including phenoxy) is 1. The average molecular weight is 190 g/mol. The second-order valence-electron chi connectivity index (χ2n) is 4.14. The van der Waals surface area contributed by atoms with Crippen LogP contribution in [-0.4, -0.2) is 6.10 Å². The zero-order valence-corrected chi connectivity index (χ0v) is 8.83. The van der Waals surface area contributed by atoms with E-state index in [2.05, 4.69) is 31.2 Å². The number of fused-ring (bicyclic) bond motifs is 1. The predicted octanol–water partition coefficient (Wildman–Crippen LogP) is 3.57. The van der Waals surface area contributed by atoms with Crippen molar-refractivity contribution >= 4 is 0 Å². The van der Waals surface area contributed by atoms with E-state index in [4.69, 9.17) is 4.74 Å². The van der Waals surface area contributed by atoms with Crippen LogP contribution in [0.1, 0.15) is 38.2 Å². The summed E-state index contributed by atoms with van der Waals surface area (Å²) in [6.45, 7) is 2.17. The fourth-order valence-electron chi connectivity index (χ4n) is 2.03. The van der Waals surface area contributed by atoms with Crippen LogP contribution in [0.4, 0.5) is 0 Å². The summed E-state index contributed by atoms with van der Waals surface area (Å²) >= 11 is 0. The van der Waals surface area contributed by atoms with Crippen molar-refractivity contribution in [3.05, 3.63) is 29.8 Å². The molecule has 0 aromatic heterocycles. The monoisotopic (exact) mass is 190 g/mol. The predicted molar refractivity (Wildman–Crippen MR) is 58.7 cm³/mol. The molecule has 0 N–H and O–H groups in total. The molecule has 1 aliphatic heterocycles. The van der Waals surface area contributed by atoms with Crippen molar-refractivity contribution in [3.8, 4) is 5.75 Å². The molecule has 0 spiro atoms. The first-order valence-corrected chi connectivity index (χ1v) is 5.61. The van der Waals surface area contributed by atoms with Gasteiger partial charge in [-0.15, -0.1) is 0 Å². The summed E-state index contributed by atoms with van der Waals surface area (Å²) < 4.78 is 5.92. The van der Waals surface area contributed by atoms with Crippen LogP contribution in [0.5, 0.6) is 5.75 Å². The van der Waals surface area contributed by atoms with E-state index in [0.29, 0.717) is 6.10 Å². The molecule has 76 valence electrons. The highest BCUT2D eigenvalue weighted by atomic mass is 16.5. The van der Waals surface area contributed by atoms with E-state index in [9.17, 15) is 0 Å². The number of benzene rings is 1. The Morgan fingerprint density at radius 3 is 2.93 bits per heavy atom. The molecule has 0 amide bonds. The highest BCUT2D eigenvalue weighted by molar-refractivity contribution is 5.33. The van der Waals surface area contributed by atoms with Crippen molar-refractivity contribution in [2.24, 2.45) is 0 Å². The van der Waals surface area contributed by atoms with Gasteiger partial charge in [0.1, 0.15) is 5.75 Å². The van der Waals surface area contributed by atoms with Gasteiger partial charge in [-0.05, 0) is 44.2 Å². The highest BCUT2D eigenvalue weighted by Crippen LogP contribution is 2.24. The second-order valence-corrected chi connectivity index (χ2v) is 4.14. The first kappa shape index (κ1) is 9.57. The minimum Gasteiger partial charge on any atom is -0.490 e. The van der Waals surface area contributed by atoms with Crippen LogP contribution in [0.3, 0.4) is 0 Å². The van der Waals surface area contributed by atoms with E-state index in [0.717, 1.165) is 5.75 Å². The van der Waals surface area contributed by atoms with Gasteiger partial charge in [0.25, 0.3) is 0 Å². The van der Waals surface area contributed by atoms with E-state index in [-0.39, 0.29) is 0 Å². The lowest BCUT2D eigenvalue weighted by Crippen LogP contribution is -2.11. The number of hydrogen-bond acceptors (Lipinski definition) is 1. The zero-order chi connectivity index (χ0) is 9.80. The lowest BCUT2D eigenvalue weighted by atomic mass is 10.1. The van der Waals surface area contributed by atoms with Gasteiger partial charge in [0.15, 0.2) is 0 Å². The SMILES string of the molecule is CC1CCCCCc2ccccc2O1. The van der Waals surface area contributed by atoms with Crippen LogP contribution in [-0.2, 0) is 6.42 Å². The minimum absolute atomic E-state index is 0.370. The van der Waals surface area contributed by atoms with Crippen molar-refractivity contribution in [2.45, 2.75) is 45.1 Å². The Labute approximate surface area is 86.1 Å². The normalized spacial score (nSPS) is 22.5. The van der Waals surface area contributed by atoms with Crippen molar-refractivity contribution in [1.29, 1.82) is 0 Å². The number of para-hydroxylation sites is 1. The van der Waals surface area contributed by atoms with E-state index in [1.165, 1.54) is 37.7 Å². The van der Waals surface area contributed by atoms with Gasteiger partial charge in [0.05, 0.1) is 6.10 Å². The Morgan fingerprint density at radius 2 is 2.00 bits per heavy atom. The van der Waals surface area contributed by atoms with Gasteiger partial charge >= 0.3 is 0 Å². The first-order chi connectivity index (χ1) is 6.86. The molecule has 1 aromatic rings. The fraction of sp³-hybridized carbons (Fsp3) is 0.538.